The highest BCUT2D eigenvalue weighted by Gasteiger charge is 2.33. The van der Waals surface area contributed by atoms with Crippen molar-refractivity contribution in [3.8, 4) is 5.75 Å². The highest BCUT2D eigenvalue weighted by molar-refractivity contribution is 7.98. The van der Waals surface area contributed by atoms with Crippen LogP contribution in [-0.4, -0.2) is 22.1 Å². The summed E-state index contributed by atoms with van der Waals surface area (Å²) < 4.78 is 20.6. The number of carbonyl (C=O) groups is 1. The molecule has 4 rings (SSSR count). The molecule has 3 aromatic rings. The average Bonchev–Trinajstić information content (AvgIpc) is 2.79. The lowest BCUT2D eigenvalue weighted by Crippen LogP contribution is -2.33. The molecule has 0 spiro atoms. The standard InChI is InChI=1S/C24H22FN3O3S/c1-3-12-31-19-7-5-4-6-17(19)18-13-20(29)26-22-21(18)23(30)27-24(28(22)2)32-14-15-8-10-16(25)11-9-15/h3-11,18H,1,12-14H2,2H3,(H,26,29). The average molecular weight is 452 g/mol. The maximum absolute atomic E-state index is 13.1. The van der Waals surface area contributed by atoms with Gasteiger partial charge in [0, 0.05) is 30.7 Å². The Balaban J connectivity index is 1.71. The van der Waals surface area contributed by atoms with E-state index in [0.29, 0.717) is 34.6 Å². The molecule has 1 N–H and O–H groups in total. The second-order valence-electron chi connectivity index (χ2n) is 7.38. The Bertz CT molecular complexity index is 1220. The van der Waals surface area contributed by atoms with Gasteiger partial charge in [-0.2, -0.15) is 4.98 Å². The Morgan fingerprint density at radius 2 is 2.00 bits per heavy atom. The Hall–Kier alpha value is -3.39. The van der Waals surface area contributed by atoms with Gasteiger partial charge in [0.15, 0.2) is 5.16 Å². The molecule has 1 amide bonds. The monoisotopic (exact) mass is 451 g/mol. The number of nitrogens with zero attached hydrogens (tertiary/aromatic N) is 2. The molecule has 1 aromatic heterocycles. The molecular formula is C24H22FN3O3S. The van der Waals surface area contributed by atoms with Crippen molar-refractivity contribution >= 4 is 23.5 Å². The number of fused-ring (bicyclic) bond motifs is 1. The molecule has 0 saturated heterocycles. The summed E-state index contributed by atoms with van der Waals surface area (Å²) in [6.07, 6.45) is 1.77. The summed E-state index contributed by atoms with van der Waals surface area (Å²) in [7, 11) is 1.76. The van der Waals surface area contributed by atoms with Gasteiger partial charge in [0.05, 0.1) is 5.56 Å². The zero-order valence-electron chi connectivity index (χ0n) is 17.5. The predicted molar refractivity (Wildman–Crippen MR) is 123 cm³/mol. The minimum Gasteiger partial charge on any atom is -0.489 e. The fourth-order valence-electron chi connectivity index (χ4n) is 3.71. The summed E-state index contributed by atoms with van der Waals surface area (Å²) in [6.45, 7) is 3.99. The number of benzene rings is 2. The van der Waals surface area contributed by atoms with Crippen molar-refractivity contribution in [1.29, 1.82) is 0 Å². The van der Waals surface area contributed by atoms with Crippen LogP contribution in [0.15, 0.2) is 71.1 Å². The van der Waals surface area contributed by atoms with Gasteiger partial charge in [-0.25, -0.2) is 4.39 Å². The quantitative estimate of drug-likeness (QED) is 0.330. The largest absolute Gasteiger partial charge is 0.489 e. The second-order valence-corrected chi connectivity index (χ2v) is 8.32. The number of anilines is 1. The van der Waals surface area contributed by atoms with Crippen LogP contribution in [0.5, 0.6) is 5.75 Å². The van der Waals surface area contributed by atoms with Gasteiger partial charge in [0.2, 0.25) is 5.91 Å². The van der Waals surface area contributed by atoms with Crippen molar-refractivity contribution in [3.05, 3.63) is 94.0 Å². The first-order valence-corrected chi connectivity index (χ1v) is 11.1. The number of hydrogen-bond donors (Lipinski definition) is 1. The van der Waals surface area contributed by atoms with Crippen molar-refractivity contribution in [2.24, 2.45) is 7.05 Å². The highest BCUT2D eigenvalue weighted by Crippen LogP contribution is 2.39. The fraction of sp³-hybridized carbons (Fsp3) is 0.208. The lowest BCUT2D eigenvalue weighted by Gasteiger charge is -2.28. The minimum absolute atomic E-state index is 0.125. The van der Waals surface area contributed by atoms with Crippen LogP contribution in [0.25, 0.3) is 0 Å². The van der Waals surface area contributed by atoms with Crippen molar-refractivity contribution in [2.75, 3.05) is 11.9 Å². The molecule has 0 saturated carbocycles. The van der Waals surface area contributed by atoms with E-state index in [1.807, 2.05) is 24.3 Å². The topological polar surface area (TPSA) is 73.2 Å². The second kappa shape index (κ2) is 9.40. The zero-order valence-corrected chi connectivity index (χ0v) is 18.3. The maximum atomic E-state index is 13.1. The summed E-state index contributed by atoms with van der Waals surface area (Å²) >= 11 is 1.35. The molecule has 1 aliphatic heterocycles. The van der Waals surface area contributed by atoms with Gasteiger partial charge in [-0.3, -0.25) is 9.59 Å². The summed E-state index contributed by atoms with van der Waals surface area (Å²) in [6, 6.07) is 13.5. The molecule has 2 heterocycles. The Kier molecular flexibility index (Phi) is 6.41. The number of amides is 1. The molecule has 1 atom stereocenters. The van der Waals surface area contributed by atoms with Gasteiger partial charge in [-0.05, 0) is 23.8 Å². The Morgan fingerprint density at radius 3 is 2.75 bits per heavy atom. The van der Waals surface area contributed by atoms with Crippen molar-refractivity contribution in [1.82, 2.24) is 9.55 Å². The van der Waals surface area contributed by atoms with Crippen molar-refractivity contribution in [3.63, 3.8) is 0 Å². The Morgan fingerprint density at radius 1 is 1.25 bits per heavy atom. The number of halogens is 1. The molecule has 2 aromatic carbocycles. The number of hydrogen-bond acceptors (Lipinski definition) is 5. The van der Waals surface area contributed by atoms with Crippen LogP contribution in [0.1, 0.15) is 29.0 Å². The fourth-order valence-corrected chi connectivity index (χ4v) is 4.63. The van der Waals surface area contributed by atoms with E-state index in [1.54, 1.807) is 29.8 Å². The molecule has 0 radical (unpaired) electrons. The van der Waals surface area contributed by atoms with Crippen LogP contribution in [0.4, 0.5) is 10.2 Å². The summed E-state index contributed by atoms with van der Waals surface area (Å²) in [5, 5.41) is 3.31. The van der Waals surface area contributed by atoms with Gasteiger partial charge in [0.25, 0.3) is 5.56 Å². The van der Waals surface area contributed by atoms with E-state index in [0.717, 1.165) is 11.1 Å². The zero-order chi connectivity index (χ0) is 22.7. The lowest BCUT2D eigenvalue weighted by molar-refractivity contribution is -0.116. The smallest absolute Gasteiger partial charge is 0.279 e. The molecular weight excluding hydrogens is 429 g/mol. The van der Waals surface area contributed by atoms with E-state index < -0.39 is 5.92 Å². The van der Waals surface area contributed by atoms with Gasteiger partial charge in [0.1, 0.15) is 24.0 Å². The third-order valence-corrected chi connectivity index (χ3v) is 6.33. The van der Waals surface area contributed by atoms with Gasteiger partial charge in [-0.15, -0.1) is 0 Å². The van der Waals surface area contributed by atoms with E-state index in [4.69, 9.17) is 4.74 Å². The van der Waals surface area contributed by atoms with E-state index >= 15 is 0 Å². The first-order valence-electron chi connectivity index (χ1n) is 10.1. The van der Waals surface area contributed by atoms with Crippen molar-refractivity contribution < 1.29 is 13.9 Å². The molecule has 6 nitrogen and oxygen atoms in total. The molecule has 0 bridgehead atoms. The summed E-state index contributed by atoms with van der Waals surface area (Å²) in [4.78, 5) is 30.0. The number of carbonyl (C=O) groups excluding carboxylic acids is 1. The normalized spacial score (nSPS) is 15.1. The van der Waals surface area contributed by atoms with E-state index in [-0.39, 0.29) is 23.7 Å². The SMILES string of the molecule is C=CCOc1ccccc1C1CC(=O)Nc2c1c(=O)nc(SCc1ccc(F)cc1)n2C. The van der Waals surface area contributed by atoms with Crippen LogP contribution < -0.4 is 15.6 Å². The predicted octanol–water partition coefficient (Wildman–Crippen LogP) is 4.25. The number of nitrogens with one attached hydrogen (secondary N) is 1. The number of rotatable bonds is 7. The third-order valence-electron chi connectivity index (χ3n) is 5.23. The Labute approximate surface area is 189 Å². The van der Waals surface area contributed by atoms with Crippen LogP contribution in [0, 0.1) is 5.82 Å². The minimum atomic E-state index is -0.470. The van der Waals surface area contributed by atoms with Crippen LogP contribution in [0.3, 0.4) is 0 Å². The maximum Gasteiger partial charge on any atom is 0.279 e. The van der Waals surface area contributed by atoms with Crippen LogP contribution in [0.2, 0.25) is 0 Å². The lowest BCUT2D eigenvalue weighted by atomic mass is 9.86. The molecule has 8 heteroatoms. The molecule has 0 fully saturated rings. The first kappa shape index (κ1) is 21.8. The van der Waals surface area contributed by atoms with Crippen molar-refractivity contribution in [2.45, 2.75) is 23.2 Å². The number of ether oxygens (including phenoxy) is 1. The molecule has 32 heavy (non-hydrogen) atoms. The summed E-state index contributed by atoms with van der Waals surface area (Å²) in [5.41, 5.74) is 1.71. The van der Waals surface area contributed by atoms with E-state index in [1.165, 1.54) is 23.9 Å². The van der Waals surface area contributed by atoms with Gasteiger partial charge >= 0.3 is 0 Å². The van der Waals surface area contributed by atoms with E-state index in [9.17, 15) is 14.0 Å². The molecule has 164 valence electrons. The van der Waals surface area contributed by atoms with Gasteiger partial charge in [-0.1, -0.05) is 54.7 Å². The number of thioether (sulfide) groups is 1. The van der Waals surface area contributed by atoms with Crippen LogP contribution in [-0.2, 0) is 17.6 Å². The third kappa shape index (κ3) is 4.45. The first-order chi connectivity index (χ1) is 15.5. The molecule has 1 unspecified atom stereocenters. The molecule has 1 aliphatic rings. The van der Waals surface area contributed by atoms with E-state index in [2.05, 4.69) is 16.9 Å². The number of aromatic nitrogens is 2. The van der Waals surface area contributed by atoms with Crippen LogP contribution >= 0.6 is 11.8 Å². The molecule has 0 aliphatic carbocycles. The van der Waals surface area contributed by atoms with Gasteiger partial charge < -0.3 is 14.6 Å². The number of para-hydroxylation sites is 1. The highest BCUT2D eigenvalue weighted by atomic mass is 32.2. The summed E-state index contributed by atoms with van der Waals surface area (Å²) in [5.74, 6) is 0.596.